The van der Waals surface area contributed by atoms with E-state index in [1.54, 1.807) is 25.2 Å². The number of fused-ring (bicyclic) bond motifs is 3. The third kappa shape index (κ3) is 3.09. The summed E-state index contributed by atoms with van der Waals surface area (Å²) in [6, 6.07) is 4.97. The molecule has 3 rings (SSSR count). The number of alkyl halides is 3. The van der Waals surface area contributed by atoms with Crippen LogP contribution in [0.15, 0.2) is 28.9 Å². The summed E-state index contributed by atoms with van der Waals surface area (Å²) in [6.45, 7) is 4.00. The smallest absolute Gasteiger partial charge is 0.313 e. The van der Waals surface area contributed by atoms with Gasteiger partial charge in [-0.1, -0.05) is 32.0 Å². The number of hydrazone groups is 1. The van der Waals surface area contributed by atoms with Crippen LogP contribution in [0.1, 0.15) is 54.6 Å². The molecule has 2 aliphatic carbocycles. The van der Waals surface area contributed by atoms with Crippen LogP contribution in [-0.2, 0) is 0 Å². The van der Waals surface area contributed by atoms with Crippen molar-refractivity contribution in [3.63, 3.8) is 0 Å². The molecule has 0 amide bonds. The van der Waals surface area contributed by atoms with Gasteiger partial charge in [-0.05, 0) is 30.4 Å². The van der Waals surface area contributed by atoms with E-state index in [0.717, 1.165) is 0 Å². The quantitative estimate of drug-likeness (QED) is 0.633. The normalized spacial score (nSPS) is 19.8. The first-order chi connectivity index (χ1) is 11.4. The van der Waals surface area contributed by atoms with Crippen molar-refractivity contribution in [1.29, 1.82) is 0 Å². The highest BCUT2D eigenvalue weighted by Gasteiger charge is 2.46. The van der Waals surface area contributed by atoms with Crippen LogP contribution in [0.4, 0.5) is 13.2 Å². The molecule has 0 bridgehead atoms. The first-order valence-corrected chi connectivity index (χ1v) is 8.12. The summed E-state index contributed by atoms with van der Waals surface area (Å²) in [7, 11) is 1.62. The molecule has 1 aromatic carbocycles. The molecule has 0 aromatic heterocycles. The summed E-state index contributed by atoms with van der Waals surface area (Å²) in [5.41, 5.74) is 3.56. The van der Waals surface area contributed by atoms with Crippen molar-refractivity contribution in [1.82, 2.24) is 5.43 Å². The van der Waals surface area contributed by atoms with Crippen LogP contribution in [0, 0.1) is 5.92 Å². The Labute approximate surface area is 139 Å². The summed E-state index contributed by atoms with van der Waals surface area (Å²) in [5.74, 6) is -0.880. The molecule has 24 heavy (non-hydrogen) atoms. The Balaban J connectivity index is 0.00000100. The lowest BCUT2D eigenvalue weighted by molar-refractivity contribution is -0.0944. The highest BCUT2D eigenvalue weighted by molar-refractivity contribution is 6.18. The zero-order chi connectivity index (χ0) is 17.9. The van der Waals surface area contributed by atoms with Crippen molar-refractivity contribution in [2.75, 3.05) is 7.05 Å². The number of halogens is 3. The molecule has 0 saturated carbocycles. The molecule has 3 nitrogen and oxygen atoms in total. The number of allylic oxidation sites excluding steroid dienone is 2. The molecule has 1 aromatic rings. The molecule has 1 N–H and O–H groups in total. The molecule has 0 saturated heterocycles. The minimum atomic E-state index is -4.38. The van der Waals surface area contributed by atoms with E-state index in [-0.39, 0.29) is 17.8 Å². The van der Waals surface area contributed by atoms with Crippen molar-refractivity contribution < 1.29 is 18.0 Å². The standard InChI is InChI=1S/C16H15F3N2O.C2H6/c1-20-21-8-9-4-2-5-10-13(9)15(22)11-6-3-7-12(14(10)11)16(17,18)19;1-2/h2,4-5,8,11,20H,3,6-7H2,1H3;1-2H3/b21-8-;. The van der Waals surface area contributed by atoms with E-state index in [0.29, 0.717) is 29.5 Å². The molecule has 1 unspecified atom stereocenters. The number of carbonyl (C=O) groups is 1. The van der Waals surface area contributed by atoms with Gasteiger partial charge in [0, 0.05) is 29.7 Å². The molecule has 0 radical (unpaired) electrons. The Morgan fingerprint density at radius 1 is 1.29 bits per heavy atom. The highest BCUT2D eigenvalue weighted by atomic mass is 19.4. The Morgan fingerprint density at radius 2 is 2.00 bits per heavy atom. The summed E-state index contributed by atoms with van der Waals surface area (Å²) in [6.07, 6.45) is -2.06. The Hall–Kier alpha value is -2.11. The minimum absolute atomic E-state index is 0.0170. The van der Waals surface area contributed by atoms with Gasteiger partial charge in [0.05, 0.1) is 6.21 Å². The maximum absolute atomic E-state index is 13.3. The van der Waals surface area contributed by atoms with Crippen LogP contribution in [0.5, 0.6) is 0 Å². The van der Waals surface area contributed by atoms with E-state index < -0.39 is 17.7 Å². The Bertz CT molecular complexity index is 690. The number of hydrogen-bond acceptors (Lipinski definition) is 3. The number of Topliss-reactive ketones (excluding diaryl/α,β-unsaturated/α-hetero) is 1. The minimum Gasteiger partial charge on any atom is -0.313 e. The molecule has 2 aliphatic rings. The molecule has 6 heteroatoms. The molecule has 0 spiro atoms. The van der Waals surface area contributed by atoms with Crippen molar-refractivity contribution in [2.45, 2.75) is 39.3 Å². The van der Waals surface area contributed by atoms with E-state index in [2.05, 4.69) is 10.5 Å². The first-order valence-electron chi connectivity index (χ1n) is 8.12. The number of ketones is 1. The van der Waals surface area contributed by atoms with Gasteiger partial charge >= 0.3 is 6.18 Å². The van der Waals surface area contributed by atoms with Crippen LogP contribution in [0.2, 0.25) is 0 Å². The van der Waals surface area contributed by atoms with E-state index >= 15 is 0 Å². The van der Waals surface area contributed by atoms with Gasteiger partial charge in [0.1, 0.15) is 0 Å². The number of benzene rings is 1. The molecule has 130 valence electrons. The second-order valence-electron chi connectivity index (χ2n) is 5.45. The lowest BCUT2D eigenvalue weighted by Crippen LogP contribution is -2.21. The van der Waals surface area contributed by atoms with Gasteiger partial charge in [-0.15, -0.1) is 0 Å². The van der Waals surface area contributed by atoms with E-state index in [4.69, 9.17) is 0 Å². The van der Waals surface area contributed by atoms with Gasteiger partial charge in [-0.3, -0.25) is 4.79 Å². The van der Waals surface area contributed by atoms with Crippen LogP contribution < -0.4 is 5.43 Å². The lowest BCUT2D eigenvalue weighted by Gasteiger charge is -2.24. The average Bonchev–Trinajstić information content (AvgIpc) is 2.88. The third-order valence-corrected chi connectivity index (χ3v) is 4.22. The monoisotopic (exact) mass is 338 g/mol. The fourth-order valence-corrected chi connectivity index (χ4v) is 3.36. The van der Waals surface area contributed by atoms with Gasteiger partial charge in [-0.2, -0.15) is 18.3 Å². The topological polar surface area (TPSA) is 41.5 Å². The third-order valence-electron chi connectivity index (χ3n) is 4.22. The maximum atomic E-state index is 13.3. The maximum Gasteiger partial charge on any atom is 0.412 e. The van der Waals surface area contributed by atoms with Gasteiger partial charge in [0.15, 0.2) is 5.78 Å². The number of rotatable bonds is 2. The zero-order valence-electron chi connectivity index (χ0n) is 14.0. The van der Waals surface area contributed by atoms with Crippen LogP contribution in [-0.4, -0.2) is 25.2 Å². The predicted molar refractivity (Wildman–Crippen MR) is 89.1 cm³/mol. The molecule has 0 fully saturated rings. The fraction of sp³-hybridized carbons (Fsp3) is 0.444. The second kappa shape index (κ2) is 7.20. The summed E-state index contributed by atoms with van der Waals surface area (Å²) >= 11 is 0. The number of hydrogen-bond donors (Lipinski definition) is 1. The number of nitrogens with zero attached hydrogens (tertiary/aromatic N) is 1. The van der Waals surface area contributed by atoms with E-state index in [1.807, 2.05) is 13.8 Å². The van der Waals surface area contributed by atoms with E-state index in [9.17, 15) is 18.0 Å². The largest absolute Gasteiger partial charge is 0.412 e. The Morgan fingerprint density at radius 3 is 2.62 bits per heavy atom. The van der Waals surface area contributed by atoms with Gasteiger partial charge < -0.3 is 5.43 Å². The molecule has 0 heterocycles. The Kier molecular flexibility index (Phi) is 5.47. The zero-order valence-corrected chi connectivity index (χ0v) is 14.0. The average molecular weight is 338 g/mol. The van der Waals surface area contributed by atoms with Gasteiger partial charge in [0.2, 0.25) is 0 Å². The van der Waals surface area contributed by atoms with Crippen molar-refractivity contribution in [2.24, 2.45) is 11.0 Å². The van der Waals surface area contributed by atoms with Crippen LogP contribution in [0.25, 0.3) is 5.57 Å². The van der Waals surface area contributed by atoms with Crippen molar-refractivity contribution in [3.05, 3.63) is 40.5 Å². The summed E-state index contributed by atoms with van der Waals surface area (Å²) in [4.78, 5) is 12.6. The van der Waals surface area contributed by atoms with Gasteiger partial charge in [0.25, 0.3) is 0 Å². The van der Waals surface area contributed by atoms with Crippen molar-refractivity contribution >= 4 is 17.6 Å². The molecular weight excluding hydrogens is 317 g/mol. The van der Waals surface area contributed by atoms with Gasteiger partial charge in [-0.25, -0.2) is 0 Å². The molecular formula is C18H21F3N2O. The number of carbonyl (C=O) groups excluding carboxylic acids is 1. The highest BCUT2D eigenvalue weighted by Crippen LogP contribution is 2.50. The molecule has 1 atom stereocenters. The van der Waals surface area contributed by atoms with Crippen molar-refractivity contribution in [3.8, 4) is 0 Å². The van der Waals surface area contributed by atoms with E-state index in [1.165, 1.54) is 6.21 Å². The molecule has 0 aliphatic heterocycles. The SMILES string of the molecule is CC.CN/N=C\c1cccc2c1C(=O)C1CCCC(C(F)(F)F)=C21. The lowest BCUT2D eigenvalue weighted by atomic mass is 9.82. The number of nitrogens with one attached hydrogen (secondary N) is 1. The predicted octanol–water partition coefficient (Wildman–Crippen LogP) is 4.58. The summed E-state index contributed by atoms with van der Waals surface area (Å²) < 4.78 is 39.9. The van der Waals surface area contributed by atoms with Crippen LogP contribution >= 0.6 is 0 Å². The summed E-state index contributed by atoms with van der Waals surface area (Å²) in [5, 5.41) is 3.87. The second-order valence-corrected chi connectivity index (χ2v) is 5.45. The fourth-order valence-electron chi connectivity index (χ4n) is 3.36. The van der Waals surface area contributed by atoms with Crippen LogP contribution in [0.3, 0.4) is 0 Å². The first kappa shape index (κ1) is 18.2.